The maximum atomic E-state index is 13.3. The Bertz CT molecular complexity index is 1250. The van der Waals surface area contributed by atoms with E-state index in [0.717, 1.165) is 11.3 Å². The highest BCUT2D eigenvalue weighted by Crippen LogP contribution is 2.33. The van der Waals surface area contributed by atoms with Gasteiger partial charge in [-0.25, -0.2) is 0 Å². The summed E-state index contributed by atoms with van der Waals surface area (Å²) in [5.74, 6) is 1.90. The standard InChI is InChI=1S/C25H21ClO5/c1-16-14-22-20(15-21(16)26)23(27)25(30-13-12-29-19-6-4-3-5-7-19)24(31-22)17-8-10-18(28-2)11-9-17/h3-11,14-15H,12-13H2,1-2H3. The van der Waals surface area contributed by atoms with Gasteiger partial charge in [0.25, 0.3) is 0 Å². The third kappa shape index (κ3) is 4.52. The summed E-state index contributed by atoms with van der Waals surface area (Å²) in [7, 11) is 1.60. The quantitative estimate of drug-likeness (QED) is 0.338. The first kappa shape index (κ1) is 20.8. The van der Waals surface area contributed by atoms with E-state index in [2.05, 4.69) is 0 Å². The van der Waals surface area contributed by atoms with Crippen molar-refractivity contribution in [2.75, 3.05) is 20.3 Å². The van der Waals surface area contributed by atoms with E-state index in [1.165, 1.54) is 0 Å². The van der Waals surface area contributed by atoms with Crippen LogP contribution in [0.15, 0.2) is 75.9 Å². The Hall–Kier alpha value is -3.44. The minimum absolute atomic E-state index is 0.120. The molecule has 0 aliphatic heterocycles. The Morgan fingerprint density at radius 2 is 1.61 bits per heavy atom. The van der Waals surface area contributed by atoms with Crippen molar-refractivity contribution in [1.82, 2.24) is 0 Å². The van der Waals surface area contributed by atoms with Gasteiger partial charge in [0.05, 0.1) is 12.5 Å². The van der Waals surface area contributed by atoms with E-state index in [-0.39, 0.29) is 24.4 Å². The van der Waals surface area contributed by atoms with E-state index in [4.69, 9.17) is 30.2 Å². The van der Waals surface area contributed by atoms with Crippen LogP contribution in [0.25, 0.3) is 22.3 Å². The number of halogens is 1. The summed E-state index contributed by atoms with van der Waals surface area (Å²) >= 11 is 6.24. The van der Waals surface area contributed by atoms with Crippen molar-refractivity contribution in [1.29, 1.82) is 0 Å². The highest BCUT2D eigenvalue weighted by atomic mass is 35.5. The lowest BCUT2D eigenvalue weighted by Gasteiger charge is -2.13. The van der Waals surface area contributed by atoms with Gasteiger partial charge < -0.3 is 18.6 Å². The van der Waals surface area contributed by atoms with Crippen LogP contribution in [-0.2, 0) is 0 Å². The van der Waals surface area contributed by atoms with Crippen LogP contribution >= 0.6 is 11.6 Å². The number of benzene rings is 3. The zero-order valence-corrected chi connectivity index (χ0v) is 17.9. The average Bonchev–Trinajstić information content (AvgIpc) is 2.80. The number of hydrogen-bond donors (Lipinski definition) is 0. The zero-order valence-electron chi connectivity index (χ0n) is 17.2. The second kappa shape index (κ2) is 9.14. The molecule has 4 aromatic rings. The SMILES string of the molecule is COc1ccc(-c2oc3cc(C)c(Cl)cc3c(=O)c2OCCOc2ccccc2)cc1. The molecule has 0 spiro atoms. The molecule has 1 aromatic heterocycles. The summed E-state index contributed by atoms with van der Waals surface area (Å²) in [6.07, 6.45) is 0. The first-order valence-corrected chi connectivity index (χ1v) is 10.2. The van der Waals surface area contributed by atoms with E-state index >= 15 is 0 Å². The molecule has 4 rings (SSSR count). The van der Waals surface area contributed by atoms with Gasteiger partial charge in [-0.3, -0.25) is 4.79 Å². The third-order valence-corrected chi connectivity index (χ3v) is 5.23. The summed E-state index contributed by atoms with van der Waals surface area (Å²) in [4.78, 5) is 13.3. The van der Waals surface area contributed by atoms with Crippen molar-refractivity contribution in [3.8, 4) is 28.6 Å². The van der Waals surface area contributed by atoms with E-state index in [9.17, 15) is 4.79 Å². The molecule has 0 saturated heterocycles. The molecule has 158 valence electrons. The van der Waals surface area contributed by atoms with Crippen LogP contribution in [0.4, 0.5) is 0 Å². The Morgan fingerprint density at radius 3 is 2.32 bits per heavy atom. The second-order valence-electron chi connectivity index (χ2n) is 6.93. The molecule has 0 aliphatic carbocycles. The number of hydrogen-bond acceptors (Lipinski definition) is 5. The van der Waals surface area contributed by atoms with Crippen LogP contribution < -0.4 is 19.6 Å². The Morgan fingerprint density at radius 1 is 0.903 bits per heavy atom. The number of rotatable bonds is 7. The summed E-state index contributed by atoms with van der Waals surface area (Å²) in [6, 6.07) is 20.0. The summed E-state index contributed by atoms with van der Waals surface area (Å²) < 4.78 is 22.9. The zero-order chi connectivity index (χ0) is 21.8. The molecule has 31 heavy (non-hydrogen) atoms. The number of methoxy groups -OCH3 is 1. The minimum atomic E-state index is -0.284. The molecule has 0 fully saturated rings. The highest BCUT2D eigenvalue weighted by Gasteiger charge is 2.19. The second-order valence-corrected chi connectivity index (χ2v) is 7.33. The largest absolute Gasteiger partial charge is 0.497 e. The smallest absolute Gasteiger partial charge is 0.235 e. The molecule has 1 heterocycles. The van der Waals surface area contributed by atoms with Crippen molar-refractivity contribution in [2.24, 2.45) is 0 Å². The molecule has 0 N–H and O–H groups in total. The molecule has 0 saturated carbocycles. The van der Waals surface area contributed by atoms with Gasteiger partial charge in [-0.2, -0.15) is 0 Å². The Kier molecular flexibility index (Phi) is 6.14. The van der Waals surface area contributed by atoms with Crippen LogP contribution in [0.1, 0.15) is 5.56 Å². The van der Waals surface area contributed by atoms with Crippen molar-refractivity contribution in [2.45, 2.75) is 6.92 Å². The van der Waals surface area contributed by atoms with Crippen molar-refractivity contribution < 1.29 is 18.6 Å². The Labute approximate surface area is 184 Å². The van der Waals surface area contributed by atoms with Crippen LogP contribution in [0.2, 0.25) is 5.02 Å². The first-order chi connectivity index (χ1) is 15.1. The number of aryl methyl sites for hydroxylation is 1. The van der Waals surface area contributed by atoms with E-state index in [0.29, 0.717) is 33.1 Å². The highest BCUT2D eigenvalue weighted by molar-refractivity contribution is 6.32. The van der Waals surface area contributed by atoms with Gasteiger partial charge in [-0.05, 0) is 61.0 Å². The molecular weight excluding hydrogens is 416 g/mol. The maximum absolute atomic E-state index is 13.3. The van der Waals surface area contributed by atoms with E-state index in [1.807, 2.05) is 49.4 Å². The van der Waals surface area contributed by atoms with Gasteiger partial charge in [0.1, 0.15) is 30.3 Å². The van der Waals surface area contributed by atoms with Gasteiger partial charge in [-0.15, -0.1) is 0 Å². The van der Waals surface area contributed by atoms with Gasteiger partial charge >= 0.3 is 0 Å². The van der Waals surface area contributed by atoms with E-state index in [1.54, 1.807) is 31.4 Å². The number of para-hydroxylation sites is 1. The van der Waals surface area contributed by atoms with Crippen molar-refractivity contribution >= 4 is 22.6 Å². The summed E-state index contributed by atoms with van der Waals surface area (Å²) in [6.45, 7) is 2.31. The van der Waals surface area contributed by atoms with Gasteiger partial charge in [0.2, 0.25) is 11.2 Å². The molecule has 0 unspecified atom stereocenters. The fourth-order valence-electron chi connectivity index (χ4n) is 3.18. The molecule has 3 aromatic carbocycles. The normalized spacial score (nSPS) is 10.8. The lowest BCUT2D eigenvalue weighted by Crippen LogP contribution is -2.15. The fourth-order valence-corrected chi connectivity index (χ4v) is 3.35. The molecule has 5 nitrogen and oxygen atoms in total. The predicted molar refractivity (Wildman–Crippen MR) is 122 cm³/mol. The fraction of sp³-hybridized carbons (Fsp3) is 0.160. The monoisotopic (exact) mass is 436 g/mol. The summed E-state index contributed by atoms with van der Waals surface area (Å²) in [5, 5.41) is 0.863. The van der Waals surface area contributed by atoms with Crippen molar-refractivity contribution in [3.05, 3.63) is 87.5 Å². The van der Waals surface area contributed by atoms with E-state index < -0.39 is 0 Å². The number of fused-ring (bicyclic) bond motifs is 1. The maximum Gasteiger partial charge on any atom is 0.235 e. The van der Waals surface area contributed by atoms with Gasteiger partial charge in [0, 0.05) is 10.6 Å². The van der Waals surface area contributed by atoms with Crippen LogP contribution in [0, 0.1) is 6.92 Å². The molecule has 6 heteroatoms. The topological polar surface area (TPSA) is 57.9 Å². The average molecular weight is 437 g/mol. The van der Waals surface area contributed by atoms with Gasteiger partial charge in [0.15, 0.2) is 5.76 Å². The van der Waals surface area contributed by atoms with Crippen LogP contribution in [-0.4, -0.2) is 20.3 Å². The first-order valence-electron chi connectivity index (χ1n) is 9.79. The van der Waals surface area contributed by atoms with Gasteiger partial charge in [-0.1, -0.05) is 29.8 Å². The molecule has 0 atom stereocenters. The lowest BCUT2D eigenvalue weighted by molar-refractivity contribution is 0.214. The predicted octanol–water partition coefficient (Wildman–Crippen LogP) is 5.89. The summed E-state index contributed by atoms with van der Waals surface area (Å²) in [5.41, 5.74) is 1.69. The molecular formula is C25H21ClO5. The number of ether oxygens (including phenoxy) is 3. The molecule has 0 amide bonds. The van der Waals surface area contributed by atoms with Crippen LogP contribution in [0.3, 0.4) is 0 Å². The van der Waals surface area contributed by atoms with Crippen LogP contribution in [0.5, 0.6) is 17.2 Å². The minimum Gasteiger partial charge on any atom is -0.497 e. The van der Waals surface area contributed by atoms with Crippen molar-refractivity contribution in [3.63, 3.8) is 0 Å². The third-order valence-electron chi connectivity index (χ3n) is 4.82. The lowest BCUT2D eigenvalue weighted by atomic mass is 10.1. The Balaban J connectivity index is 1.70. The molecule has 0 bridgehead atoms. The molecule has 0 aliphatic rings. The molecule has 0 radical (unpaired) electrons.